The molecule has 0 radical (unpaired) electrons. The van der Waals surface area contributed by atoms with Crippen molar-refractivity contribution in [2.24, 2.45) is 0 Å². The summed E-state index contributed by atoms with van der Waals surface area (Å²) in [5.41, 5.74) is 2.08. The van der Waals surface area contributed by atoms with Crippen LogP contribution in [-0.4, -0.2) is 54.3 Å². The minimum Gasteiger partial charge on any atom is -0.483 e. The van der Waals surface area contributed by atoms with Crippen molar-refractivity contribution in [3.8, 4) is 5.75 Å². The number of aryl methyl sites for hydroxylation is 1. The normalized spacial score (nSPS) is 11.7. The Balaban J connectivity index is 2.74. The fourth-order valence-electron chi connectivity index (χ4n) is 2.51. The Kier molecular flexibility index (Phi) is 8.99. The quantitative estimate of drug-likeness (QED) is 0.654. The lowest BCUT2D eigenvalue weighted by Crippen LogP contribution is -2.45. The van der Waals surface area contributed by atoms with Gasteiger partial charge in [-0.3, -0.25) is 9.59 Å². The molecule has 0 aliphatic carbocycles. The maximum absolute atomic E-state index is 12.6. The Morgan fingerprint density at radius 2 is 1.96 bits per heavy atom. The molecule has 0 aromatic heterocycles. The van der Waals surface area contributed by atoms with Crippen molar-refractivity contribution in [3.63, 3.8) is 0 Å². The Hall–Kier alpha value is -2.08. The van der Waals surface area contributed by atoms with Gasteiger partial charge in [0.25, 0.3) is 5.91 Å². The Morgan fingerprint density at radius 1 is 1.24 bits per heavy atom. The molecule has 1 N–H and O–H groups in total. The number of carbonyl (C=O) groups is 2. The maximum Gasteiger partial charge on any atom is 0.307 e. The molecule has 0 saturated carbocycles. The van der Waals surface area contributed by atoms with Crippen molar-refractivity contribution in [1.29, 1.82) is 0 Å². The van der Waals surface area contributed by atoms with Gasteiger partial charge >= 0.3 is 5.97 Å². The van der Waals surface area contributed by atoms with Gasteiger partial charge in [-0.2, -0.15) is 0 Å². The number of hydrogen-bond donors (Lipinski definition) is 1. The second-order valence-electron chi connectivity index (χ2n) is 5.87. The van der Waals surface area contributed by atoms with Gasteiger partial charge in [0, 0.05) is 6.54 Å². The number of nitrogens with zero attached hydrogens (tertiary/aromatic N) is 1. The van der Waals surface area contributed by atoms with E-state index in [1.807, 2.05) is 39.0 Å². The first-order valence-electron chi connectivity index (χ1n) is 8.69. The largest absolute Gasteiger partial charge is 0.483 e. The molecule has 0 bridgehead atoms. The molecule has 0 spiro atoms. The first-order chi connectivity index (χ1) is 11.9. The molecular weight excluding hydrogens is 322 g/mol. The van der Waals surface area contributed by atoms with E-state index in [1.165, 1.54) is 4.90 Å². The molecule has 0 fully saturated rings. The van der Waals surface area contributed by atoms with Gasteiger partial charge in [-0.05, 0) is 44.4 Å². The smallest absolute Gasteiger partial charge is 0.307 e. The van der Waals surface area contributed by atoms with Gasteiger partial charge in [0.15, 0.2) is 6.61 Å². The molecule has 1 amide bonds. The standard InChI is InChI=1S/C19H29NO5/c1-5-16(12-21)20(11-10-19(23)24-6-2)18(22)13-25-17-9-7-8-14(3)15(17)4/h7-9,16,21H,5-6,10-13H2,1-4H3. The topological polar surface area (TPSA) is 76.1 Å². The predicted octanol–water partition coefficient (Wildman–Crippen LogP) is 2.23. The average molecular weight is 351 g/mol. The molecule has 0 aliphatic rings. The molecule has 6 heteroatoms. The summed E-state index contributed by atoms with van der Waals surface area (Å²) in [6.07, 6.45) is 0.689. The summed E-state index contributed by atoms with van der Waals surface area (Å²) in [5.74, 6) is 0.0467. The Bertz CT molecular complexity index is 569. The van der Waals surface area contributed by atoms with E-state index in [-0.39, 0.29) is 44.1 Å². The number of hydrogen-bond acceptors (Lipinski definition) is 5. The maximum atomic E-state index is 12.6. The monoisotopic (exact) mass is 351 g/mol. The molecule has 1 aromatic carbocycles. The molecular formula is C19H29NO5. The summed E-state index contributed by atoms with van der Waals surface area (Å²) in [6, 6.07) is 5.34. The summed E-state index contributed by atoms with van der Waals surface area (Å²) in [7, 11) is 0. The zero-order valence-corrected chi connectivity index (χ0v) is 15.6. The van der Waals surface area contributed by atoms with Crippen molar-refractivity contribution in [1.82, 2.24) is 4.90 Å². The SMILES string of the molecule is CCOC(=O)CCN(C(=O)COc1cccc(C)c1C)C(CC)CO. The third-order valence-corrected chi connectivity index (χ3v) is 4.21. The predicted molar refractivity (Wildman–Crippen MR) is 95.5 cm³/mol. The molecule has 1 atom stereocenters. The van der Waals surface area contributed by atoms with Gasteiger partial charge in [-0.1, -0.05) is 19.1 Å². The molecule has 0 saturated heterocycles. The lowest BCUT2D eigenvalue weighted by Gasteiger charge is -2.29. The number of amides is 1. The number of rotatable bonds is 10. The van der Waals surface area contributed by atoms with Crippen molar-refractivity contribution in [2.45, 2.75) is 46.6 Å². The van der Waals surface area contributed by atoms with Crippen LogP contribution in [0.5, 0.6) is 5.75 Å². The fraction of sp³-hybridized carbons (Fsp3) is 0.579. The van der Waals surface area contributed by atoms with Crippen molar-refractivity contribution >= 4 is 11.9 Å². The van der Waals surface area contributed by atoms with Gasteiger partial charge in [0.1, 0.15) is 5.75 Å². The Morgan fingerprint density at radius 3 is 2.56 bits per heavy atom. The second kappa shape index (κ2) is 10.7. The van der Waals surface area contributed by atoms with Crippen molar-refractivity contribution in [3.05, 3.63) is 29.3 Å². The van der Waals surface area contributed by atoms with Crippen molar-refractivity contribution in [2.75, 3.05) is 26.4 Å². The van der Waals surface area contributed by atoms with Crippen LogP contribution in [-0.2, 0) is 14.3 Å². The van der Waals surface area contributed by atoms with Crippen LogP contribution in [0.25, 0.3) is 0 Å². The number of aliphatic hydroxyl groups excluding tert-OH is 1. The van der Waals surface area contributed by atoms with Crippen LogP contribution < -0.4 is 4.74 Å². The lowest BCUT2D eigenvalue weighted by atomic mass is 10.1. The van der Waals surface area contributed by atoms with E-state index in [0.29, 0.717) is 18.8 Å². The van der Waals surface area contributed by atoms with E-state index in [2.05, 4.69) is 0 Å². The third-order valence-electron chi connectivity index (χ3n) is 4.21. The van der Waals surface area contributed by atoms with E-state index in [1.54, 1.807) is 6.92 Å². The molecule has 0 heterocycles. The summed E-state index contributed by atoms with van der Waals surface area (Å²) in [6.45, 7) is 7.76. The molecule has 25 heavy (non-hydrogen) atoms. The summed E-state index contributed by atoms with van der Waals surface area (Å²) >= 11 is 0. The van der Waals surface area contributed by atoms with Gasteiger partial charge in [-0.25, -0.2) is 0 Å². The molecule has 1 aromatic rings. The zero-order valence-electron chi connectivity index (χ0n) is 15.6. The number of benzene rings is 1. The van der Waals surface area contributed by atoms with E-state index >= 15 is 0 Å². The lowest BCUT2D eigenvalue weighted by molar-refractivity contribution is -0.145. The summed E-state index contributed by atoms with van der Waals surface area (Å²) in [4.78, 5) is 25.7. The third kappa shape index (κ3) is 6.38. The molecule has 1 unspecified atom stereocenters. The fourth-order valence-corrected chi connectivity index (χ4v) is 2.51. The van der Waals surface area contributed by atoms with Crippen molar-refractivity contribution < 1.29 is 24.2 Å². The van der Waals surface area contributed by atoms with E-state index in [0.717, 1.165) is 11.1 Å². The number of esters is 1. The molecule has 0 aliphatic heterocycles. The van der Waals surface area contributed by atoms with Gasteiger partial charge in [0.2, 0.25) is 0 Å². The molecule has 140 valence electrons. The van der Waals surface area contributed by atoms with Crippen LogP contribution in [0.4, 0.5) is 0 Å². The Labute approximate surface area is 149 Å². The highest BCUT2D eigenvalue weighted by molar-refractivity contribution is 5.79. The van der Waals surface area contributed by atoms with E-state index in [9.17, 15) is 14.7 Å². The number of ether oxygens (including phenoxy) is 2. The van der Waals surface area contributed by atoms with E-state index < -0.39 is 0 Å². The zero-order chi connectivity index (χ0) is 18.8. The summed E-state index contributed by atoms with van der Waals surface area (Å²) < 4.78 is 10.6. The minimum atomic E-state index is -0.358. The summed E-state index contributed by atoms with van der Waals surface area (Å²) in [5, 5.41) is 9.53. The first-order valence-corrected chi connectivity index (χ1v) is 8.69. The van der Waals surface area contributed by atoms with Gasteiger partial charge in [0.05, 0.1) is 25.7 Å². The number of aliphatic hydroxyl groups is 1. The first kappa shape index (κ1) is 21.0. The molecule has 1 rings (SSSR count). The van der Waals surface area contributed by atoms with Crippen LogP contribution in [0.1, 0.15) is 37.8 Å². The van der Waals surface area contributed by atoms with Crippen LogP contribution in [0, 0.1) is 13.8 Å². The number of carbonyl (C=O) groups excluding carboxylic acids is 2. The van der Waals surface area contributed by atoms with E-state index in [4.69, 9.17) is 9.47 Å². The van der Waals surface area contributed by atoms with Crippen LogP contribution in [0.2, 0.25) is 0 Å². The highest BCUT2D eigenvalue weighted by Crippen LogP contribution is 2.20. The van der Waals surface area contributed by atoms with Crippen LogP contribution in [0.3, 0.4) is 0 Å². The second-order valence-corrected chi connectivity index (χ2v) is 5.87. The average Bonchev–Trinajstić information content (AvgIpc) is 2.59. The van der Waals surface area contributed by atoms with Crippen LogP contribution >= 0.6 is 0 Å². The van der Waals surface area contributed by atoms with Gasteiger partial charge < -0.3 is 19.5 Å². The van der Waals surface area contributed by atoms with Gasteiger partial charge in [-0.15, -0.1) is 0 Å². The van der Waals surface area contributed by atoms with Crippen LogP contribution in [0.15, 0.2) is 18.2 Å². The molecule has 6 nitrogen and oxygen atoms in total. The highest BCUT2D eigenvalue weighted by atomic mass is 16.5. The highest BCUT2D eigenvalue weighted by Gasteiger charge is 2.23. The minimum absolute atomic E-state index is 0.0968.